The van der Waals surface area contributed by atoms with Crippen LogP contribution in [0.1, 0.15) is 12.5 Å². The molecule has 1 aromatic heterocycles. The lowest BCUT2D eigenvalue weighted by Crippen LogP contribution is -2.14. The van der Waals surface area contributed by atoms with Crippen molar-refractivity contribution < 1.29 is 9.53 Å². The Bertz CT molecular complexity index is 1120. The molecule has 0 saturated heterocycles. The van der Waals surface area contributed by atoms with Gasteiger partial charge in [-0.15, -0.1) is 0 Å². The zero-order valence-electron chi connectivity index (χ0n) is 15.8. The van der Waals surface area contributed by atoms with Crippen LogP contribution in [0.4, 0.5) is 21.9 Å². The number of aromatic nitrogens is 1. The van der Waals surface area contributed by atoms with Crippen LogP contribution in [0.5, 0.6) is 0 Å². The molecule has 28 heavy (non-hydrogen) atoms. The number of amides is 1. The molecule has 0 spiro atoms. The quantitative estimate of drug-likeness (QED) is 0.431. The Morgan fingerprint density at radius 3 is 2.25 bits per heavy atom. The second-order valence-corrected chi connectivity index (χ2v) is 6.52. The number of carbonyl (C=O) groups is 1. The number of pyridine rings is 1. The molecular formula is C23H21N3O2. The molecule has 0 radical (unpaired) electrons. The van der Waals surface area contributed by atoms with Gasteiger partial charge in [0, 0.05) is 22.1 Å². The summed E-state index contributed by atoms with van der Waals surface area (Å²) in [4.78, 5) is 16.6. The molecular weight excluding hydrogens is 350 g/mol. The Labute approximate surface area is 163 Å². The van der Waals surface area contributed by atoms with E-state index in [1.165, 1.54) is 0 Å². The summed E-state index contributed by atoms with van der Waals surface area (Å²) >= 11 is 0. The molecule has 1 amide bonds. The molecule has 5 heteroatoms. The van der Waals surface area contributed by atoms with Crippen molar-refractivity contribution in [3.8, 4) is 0 Å². The molecule has 0 bridgehead atoms. The van der Waals surface area contributed by atoms with E-state index in [1.807, 2.05) is 61.5 Å². The van der Waals surface area contributed by atoms with Crippen LogP contribution in [0, 0.1) is 6.92 Å². The fraction of sp³-hybridized carbons (Fsp3) is 0.130. The number of nitrogens with one attached hydrogen (secondary N) is 2. The summed E-state index contributed by atoms with van der Waals surface area (Å²) in [5.41, 5.74) is 5.40. The van der Waals surface area contributed by atoms with Crippen LogP contribution >= 0.6 is 0 Å². The van der Waals surface area contributed by atoms with Gasteiger partial charge in [-0.25, -0.2) is 9.78 Å². The highest BCUT2D eigenvalue weighted by atomic mass is 16.5. The molecule has 0 aliphatic rings. The molecule has 2 N–H and O–H groups in total. The Morgan fingerprint density at radius 2 is 1.61 bits per heavy atom. The van der Waals surface area contributed by atoms with Crippen molar-refractivity contribution in [2.24, 2.45) is 0 Å². The molecule has 4 rings (SSSR count). The fourth-order valence-corrected chi connectivity index (χ4v) is 3.23. The van der Waals surface area contributed by atoms with Gasteiger partial charge in [-0.3, -0.25) is 5.32 Å². The lowest BCUT2D eigenvalue weighted by Gasteiger charge is -2.15. The van der Waals surface area contributed by atoms with Gasteiger partial charge in [0.05, 0.1) is 23.3 Å². The molecule has 0 saturated carbocycles. The number of ether oxygens (including phenoxy) is 1. The molecule has 5 nitrogen and oxygen atoms in total. The van der Waals surface area contributed by atoms with E-state index in [2.05, 4.69) is 22.8 Å². The number of para-hydroxylation sites is 2. The first-order valence-electron chi connectivity index (χ1n) is 9.24. The molecule has 0 atom stereocenters. The van der Waals surface area contributed by atoms with Crippen LogP contribution in [0.15, 0.2) is 66.7 Å². The molecule has 0 aliphatic heterocycles. The van der Waals surface area contributed by atoms with Crippen molar-refractivity contribution in [3.05, 3.63) is 72.3 Å². The molecule has 140 valence electrons. The normalized spacial score (nSPS) is 10.8. The second-order valence-electron chi connectivity index (χ2n) is 6.52. The van der Waals surface area contributed by atoms with E-state index in [0.717, 1.165) is 38.7 Å². The molecule has 4 aromatic rings. The number of hydrogen-bond donors (Lipinski definition) is 2. The smallest absolute Gasteiger partial charge is 0.411 e. The zero-order valence-corrected chi connectivity index (χ0v) is 15.8. The van der Waals surface area contributed by atoms with Crippen molar-refractivity contribution in [3.63, 3.8) is 0 Å². The highest BCUT2D eigenvalue weighted by Crippen LogP contribution is 2.34. The van der Waals surface area contributed by atoms with Gasteiger partial charge in [0.1, 0.15) is 0 Å². The zero-order chi connectivity index (χ0) is 19.5. The Balaban J connectivity index is 1.78. The number of aryl methyl sites for hydroxylation is 1. The van der Waals surface area contributed by atoms with Crippen molar-refractivity contribution in [1.29, 1.82) is 0 Å². The SMILES string of the molecule is CCOC(=O)Nc1cc(Nc2c3ccccc3nc3ccccc23)ccc1C. The van der Waals surface area contributed by atoms with Gasteiger partial charge in [0.25, 0.3) is 0 Å². The first-order valence-corrected chi connectivity index (χ1v) is 9.24. The third-order valence-electron chi connectivity index (χ3n) is 4.61. The number of carbonyl (C=O) groups excluding carboxylic acids is 1. The number of anilines is 3. The summed E-state index contributed by atoms with van der Waals surface area (Å²) in [7, 11) is 0. The van der Waals surface area contributed by atoms with E-state index < -0.39 is 6.09 Å². The maximum absolute atomic E-state index is 11.8. The minimum atomic E-state index is -0.456. The Kier molecular flexibility index (Phi) is 4.81. The van der Waals surface area contributed by atoms with Gasteiger partial charge in [0.15, 0.2) is 0 Å². The van der Waals surface area contributed by atoms with Crippen molar-refractivity contribution in [2.45, 2.75) is 13.8 Å². The van der Waals surface area contributed by atoms with Crippen molar-refractivity contribution >= 4 is 45.0 Å². The predicted octanol–water partition coefficient (Wildman–Crippen LogP) is 6.01. The van der Waals surface area contributed by atoms with Gasteiger partial charge in [-0.2, -0.15) is 0 Å². The summed E-state index contributed by atoms with van der Waals surface area (Å²) in [6, 6.07) is 22.0. The average molecular weight is 371 g/mol. The maximum atomic E-state index is 11.8. The highest BCUT2D eigenvalue weighted by Gasteiger charge is 2.11. The van der Waals surface area contributed by atoms with E-state index in [4.69, 9.17) is 9.72 Å². The minimum Gasteiger partial charge on any atom is -0.450 e. The van der Waals surface area contributed by atoms with Gasteiger partial charge in [-0.05, 0) is 43.7 Å². The molecule has 0 unspecified atom stereocenters. The van der Waals surface area contributed by atoms with Crippen LogP contribution in [0.25, 0.3) is 21.8 Å². The largest absolute Gasteiger partial charge is 0.450 e. The number of benzene rings is 3. The predicted molar refractivity (Wildman–Crippen MR) is 114 cm³/mol. The van der Waals surface area contributed by atoms with Gasteiger partial charge in [0.2, 0.25) is 0 Å². The van der Waals surface area contributed by atoms with E-state index in [0.29, 0.717) is 12.3 Å². The standard InChI is InChI=1S/C23H21N3O2/c1-3-28-23(27)26-21-14-16(13-12-15(21)2)24-22-17-8-4-6-10-19(17)25-20-11-7-5-9-18(20)22/h4-14H,3H2,1-2H3,(H,24,25)(H,26,27). The van der Waals surface area contributed by atoms with E-state index in [-0.39, 0.29) is 0 Å². The van der Waals surface area contributed by atoms with E-state index in [1.54, 1.807) is 6.92 Å². The number of hydrogen-bond acceptors (Lipinski definition) is 4. The number of rotatable bonds is 4. The van der Waals surface area contributed by atoms with Crippen molar-refractivity contribution in [1.82, 2.24) is 4.98 Å². The Morgan fingerprint density at radius 1 is 0.964 bits per heavy atom. The number of nitrogens with zero attached hydrogens (tertiary/aromatic N) is 1. The van der Waals surface area contributed by atoms with Gasteiger partial charge in [-0.1, -0.05) is 42.5 Å². The topological polar surface area (TPSA) is 63.2 Å². The third-order valence-corrected chi connectivity index (χ3v) is 4.61. The number of fused-ring (bicyclic) bond motifs is 2. The maximum Gasteiger partial charge on any atom is 0.411 e. The molecule has 0 aliphatic carbocycles. The molecule has 0 fully saturated rings. The lowest BCUT2D eigenvalue weighted by molar-refractivity contribution is 0.168. The van der Waals surface area contributed by atoms with Crippen LogP contribution in [0.2, 0.25) is 0 Å². The third kappa shape index (κ3) is 3.47. The summed E-state index contributed by atoms with van der Waals surface area (Å²) in [5, 5.41) is 8.42. The fourth-order valence-electron chi connectivity index (χ4n) is 3.23. The highest BCUT2D eigenvalue weighted by molar-refractivity contribution is 6.08. The second kappa shape index (κ2) is 7.56. The monoisotopic (exact) mass is 371 g/mol. The lowest BCUT2D eigenvalue weighted by atomic mass is 10.1. The van der Waals surface area contributed by atoms with Crippen LogP contribution in [0.3, 0.4) is 0 Å². The van der Waals surface area contributed by atoms with Crippen LogP contribution < -0.4 is 10.6 Å². The average Bonchev–Trinajstić information content (AvgIpc) is 2.70. The summed E-state index contributed by atoms with van der Waals surface area (Å²) in [6.45, 7) is 4.06. The van der Waals surface area contributed by atoms with Gasteiger partial charge >= 0.3 is 6.09 Å². The van der Waals surface area contributed by atoms with Crippen molar-refractivity contribution in [2.75, 3.05) is 17.2 Å². The first kappa shape index (κ1) is 17.8. The van der Waals surface area contributed by atoms with Gasteiger partial charge < -0.3 is 10.1 Å². The van der Waals surface area contributed by atoms with Crippen LogP contribution in [-0.4, -0.2) is 17.7 Å². The summed E-state index contributed by atoms with van der Waals surface area (Å²) in [5.74, 6) is 0. The molecule has 1 heterocycles. The minimum absolute atomic E-state index is 0.331. The summed E-state index contributed by atoms with van der Waals surface area (Å²) < 4.78 is 5.00. The van der Waals surface area contributed by atoms with E-state index in [9.17, 15) is 4.79 Å². The first-order chi connectivity index (χ1) is 13.7. The van der Waals surface area contributed by atoms with Crippen LogP contribution in [-0.2, 0) is 4.74 Å². The Hall–Kier alpha value is -3.60. The summed E-state index contributed by atoms with van der Waals surface area (Å²) in [6.07, 6.45) is -0.456. The van der Waals surface area contributed by atoms with E-state index >= 15 is 0 Å². The molecule has 3 aromatic carbocycles.